The van der Waals surface area contributed by atoms with Gasteiger partial charge in [0.05, 0.1) is 11.2 Å². The van der Waals surface area contributed by atoms with E-state index in [9.17, 15) is 0 Å². The van der Waals surface area contributed by atoms with Gasteiger partial charge in [-0.1, -0.05) is 13.3 Å². The molecule has 0 N–H and O–H groups in total. The molecule has 1 nitrogen and oxygen atoms in total. The quantitative estimate of drug-likeness (QED) is 0.513. The minimum atomic E-state index is 0.508. The third-order valence-corrected chi connectivity index (χ3v) is 5.39. The molecule has 0 saturated heterocycles. The van der Waals surface area contributed by atoms with Crippen LogP contribution in [0.5, 0.6) is 0 Å². The zero-order chi connectivity index (χ0) is 10.4. The first-order valence-corrected chi connectivity index (χ1v) is 6.81. The lowest BCUT2D eigenvalue weighted by Gasteiger charge is -2.46. The van der Waals surface area contributed by atoms with Gasteiger partial charge in [0.15, 0.2) is 0 Å². The Bertz CT molecular complexity index is 308. The Kier molecular flexibility index (Phi) is 2.45. The number of isothiocyanates is 1. The number of fused-ring (bicyclic) bond motifs is 1. The third kappa shape index (κ3) is 1.42. The Morgan fingerprint density at radius 3 is 2.80 bits per heavy atom. The number of rotatable bonds is 2. The molecule has 3 aliphatic carbocycles. The second-order valence-corrected chi connectivity index (χ2v) is 5.94. The van der Waals surface area contributed by atoms with E-state index in [-0.39, 0.29) is 0 Å². The van der Waals surface area contributed by atoms with Crippen molar-refractivity contribution in [2.75, 3.05) is 0 Å². The zero-order valence-corrected chi connectivity index (χ0v) is 10.2. The van der Waals surface area contributed by atoms with Crippen molar-refractivity contribution >= 4 is 17.4 Å². The number of aliphatic imine (C=N–C) groups is 1. The summed E-state index contributed by atoms with van der Waals surface area (Å²) in [5.74, 6) is 4.90. The van der Waals surface area contributed by atoms with Crippen molar-refractivity contribution in [3.05, 3.63) is 0 Å². The number of hydrogen-bond acceptors (Lipinski definition) is 2. The highest BCUT2D eigenvalue weighted by Crippen LogP contribution is 2.60. The molecule has 0 radical (unpaired) electrons. The van der Waals surface area contributed by atoms with Gasteiger partial charge in [-0.2, -0.15) is 0 Å². The Balaban J connectivity index is 1.87. The molecule has 0 aliphatic heterocycles. The van der Waals surface area contributed by atoms with Crippen molar-refractivity contribution in [3.8, 4) is 0 Å². The third-order valence-electron chi connectivity index (χ3n) is 5.28. The number of thiocarbonyl (C=S) groups is 1. The molecule has 3 saturated carbocycles. The molecule has 2 heteroatoms. The molecule has 3 aliphatic rings. The second kappa shape index (κ2) is 3.68. The van der Waals surface area contributed by atoms with Crippen molar-refractivity contribution < 1.29 is 0 Å². The fraction of sp³-hybridized carbons (Fsp3) is 0.923. The molecule has 0 aromatic carbocycles. The maximum absolute atomic E-state index is 4.80. The molecule has 82 valence electrons. The van der Waals surface area contributed by atoms with E-state index in [2.05, 4.69) is 17.1 Å². The normalized spacial score (nSPS) is 51.5. The molecule has 3 fully saturated rings. The fourth-order valence-corrected chi connectivity index (χ4v) is 4.81. The van der Waals surface area contributed by atoms with Crippen LogP contribution in [0.4, 0.5) is 0 Å². The molecule has 2 bridgehead atoms. The van der Waals surface area contributed by atoms with Gasteiger partial charge < -0.3 is 0 Å². The summed E-state index contributed by atoms with van der Waals surface area (Å²) in [6, 6.07) is 0.508. The van der Waals surface area contributed by atoms with Gasteiger partial charge in [-0.25, -0.2) is 4.99 Å². The Morgan fingerprint density at radius 2 is 2.07 bits per heavy atom. The summed E-state index contributed by atoms with van der Waals surface area (Å²) in [6.45, 7) is 2.32. The van der Waals surface area contributed by atoms with Crippen LogP contribution in [0.2, 0.25) is 0 Å². The van der Waals surface area contributed by atoms with E-state index in [4.69, 9.17) is 12.2 Å². The Labute approximate surface area is 97.4 Å². The minimum absolute atomic E-state index is 0.508. The van der Waals surface area contributed by atoms with Gasteiger partial charge in [-0.05, 0) is 67.5 Å². The zero-order valence-electron chi connectivity index (χ0n) is 9.36. The maximum atomic E-state index is 4.80. The Hall–Kier alpha value is -0.200. The van der Waals surface area contributed by atoms with Crippen molar-refractivity contribution in [1.29, 1.82) is 0 Å². The molecular formula is C13H19NS. The lowest BCUT2D eigenvalue weighted by atomic mass is 9.59. The first-order valence-electron chi connectivity index (χ1n) is 6.40. The fourth-order valence-electron chi connectivity index (χ4n) is 4.68. The van der Waals surface area contributed by atoms with E-state index in [1.54, 1.807) is 0 Å². The van der Waals surface area contributed by atoms with Gasteiger partial charge in [-0.3, -0.25) is 0 Å². The van der Waals surface area contributed by atoms with Crippen LogP contribution in [-0.2, 0) is 0 Å². The highest BCUT2D eigenvalue weighted by molar-refractivity contribution is 7.78. The van der Waals surface area contributed by atoms with Crippen LogP contribution in [-0.4, -0.2) is 11.2 Å². The van der Waals surface area contributed by atoms with Gasteiger partial charge in [0.2, 0.25) is 0 Å². The lowest BCUT2D eigenvalue weighted by Crippen LogP contribution is -2.41. The highest BCUT2D eigenvalue weighted by Gasteiger charge is 2.54. The van der Waals surface area contributed by atoms with E-state index < -0.39 is 0 Å². The average Bonchev–Trinajstić information content (AvgIpc) is 2.43. The lowest BCUT2D eigenvalue weighted by molar-refractivity contribution is 0.0340. The van der Waals surface area contributed by atoms with Gasteiger partial charge in [0.25, 0.3) is 0 Å². The van der Waals surface area contributed by atoms with Crippen molar-refractivity contribution in [2.24, 2.45) is 34.6 Å². The smallest absolute Gasteiger partial charge is 0.0636 e. The van der Waals surface area contributed by atoms with Crippen LogP contribution in [0.3, 0.4) is 0 Å². The molecule has 6 atom stereocenters. The van der Waals surface area contributed by atoms with E-state index in [1.165, 1.54) is 32.1 Å². The van der Waals surface area contributed by atoms with E-state index in [1.807, 2.05) is 0 Å². The maximum Gasteiger partial charge on any atom is 0.0636 e. The molecule has 3 rings (SSSR count). The van der Waals surface area contributed by atoms with Gasteiger partial charge in [0.1, 0.15) is 0 Å². The van der Waals surface area contributed by atoms with E-state index in [0.717, 1.165) is 29.6 Å². The summed E-state index contributed by atoms with van der Waals surface area (Å²) in [6.07, 6.45) is 7.05. The standard InChI is InChI=1S/C13H19NS/c1-2-10-12-6-9-3-8(4-11(9)12)5-13(10)14-7-15/h8-13H,2-6H2,1H3. The SMILES string of the molecule is CCC1C(N=C=S)CC2CC3CC1C3C2. The average molecular weight is 221 g/mol. The summed E-state index contributed by atoms with van der Waals surface area (Å²) in [7, 11) is 0. The minimum Gasteiger partial charge on any atom is -0.229 e. The van der Waals surface area contributed by atoms with Crippen molar-refractivity contribution in [3.63, 3.8) is 0 Å². The summed E-state index contributed by atoms with van der Waals surface area (Å²) < 4.78 is 0. The molecule has 6 unspecified atom stereocenters. The van der Waals surface area contributed by atoms with Crippen molar-refractivity contribution in [2.45, 2.75) is 45.1 Å². The van der Waals surface area contributed by atoms with Crippen molar-refractivity contribution in [1.82, 2.24) is 0 Å². The van der Waals surface area contributed by atoms with Crippen LogP contribution in [0, 0.1) is 29.6 Å². The molecular weight excluding hydrogens is 202 g/mol. The van der Waals surface area contributed by atoms with Gasteiger partial charge in [-0.15, -0.1) is 0 Å². The summed E-state index contributed by atoms with van der Waals surface area (Å²) in [5, 5.41) is 2.64. The topological polar surface area (TPSA) is 12.4 Å². The number of hydrogen-bond donors (Lipinski definition) is 0. The molecule has 0 aromatic rings. The van der Waals surface area contributed by atoms with E-state index >= 15 is 0 Å². The van der Waals surface area contributed by atoms with Crippen LogP contribution in [0.1, 0.15) is 39.0 Å². The highest BCUT2D eigenvalue weighted by atomic mass is 32.1. The van der Waals surface area contributed by atoms with Gasteiger partial charge >= 0.3 is 0 Å². The van der Waals surface area contributed by atoms with Gasteiger partial charge in [0, 0.05) is 0 Å². The molecule has 0 aromatic heterocycles. The van der Waals surface area contributed by atoms with Crippen LogP contribution < -0.4 is 0 Å². The predicted octanol–water partition coefficient (Wildman–Crippen LogP) is 3.55. The first kappa shape index (κ1) is 9.99. The molecule has 0 heterocycles. The first-order chi connectivity index (χ1) is 7.33. The Morgan fingerprint density at radius 1 is 1.20 bits per heavy atom. The van der Waals surface area contributed by atoms with E-state index in [0.29, 0.717) is 6.04 Å². The monoisotopic (exact) mass is 221 g/mol. The molecule has 0 spiro atoms. The second-order valence-electron chi connectivity index (χ2n) is 5.76. The molecule has 0 amide bonds. The predicted molar refractivity (Wildman–Crippen MR) is 65.0 cm³/mol. The largest absolute Gasteiger partial charge is 0.229 e. The van der Waals surface area contributed by atoms with Crippen LogP contribution >= 0.6 is 12.2 Å². The number of nitrogens with zero attached hydrogens (tertiary/aromatic N) is 1. The summed E-state index contributed by atoms with van der Waals surface area (Å²) >= 11 is 4.80. The van der Waals surface area contributed by atoms with Crippen LogP contribution in [0.25, 0.3) is 0 Å². The summed E-state index contributed by atoms with van der Waals surface area (Å²) in [4.78, 5) is 4.45. The molecule has 15 heavy (non-hydrogen) atoms. The summed E-state index contributed by atoms with van der Waals surface area (Å²) in [5.41, 5.74) is 0. The van der Waals surface area contributed by atoms with Crippen LogP contribution in [0.15, 0.2) is 4.99 Å².